The largest absolute Gasteiger partial charge is 0.459 e. The van der Waals surface area contributed by atoms with Crippen molar-refractivity contribution in [3.63, 3.8) is 0 Å². The van der Waals surface area contributed by atoms with Crippen LogP contribution in [0.1, 0.15) is 20.8 Å². The van der Waals surface area contributed by atoms with E-state index in [9.17, 15) is 14.4 Å². The van der Waals surface area contributed by atoms with E-state index in [1.807, 2.05) is 0 Å². The van der Waals surface area contributed by atoms with Crippen LogP contribution in [0.15, 0.2) is 9.59 Å². The molecule has 1 aromatic heterocycles. The highest BCUT2D eigenvalue weighted by Crippen LogP contribution is 2.07. The molecule has 5 nitrogen and oxygen atoms in total. The van der Waals surface area contributed by atoms with Crippen molar-refractivity contribution in [2.24, 2.45) is 0 Å². The Balaban J connectivity index is 2.76. The first-order chi connectivity index (χ1) is 6.79. The van der Waals surface area contributed by atoms with E-state index in [-0.39, 0.29) is 6.54 Å². The molecule has 0 saturated carbocycles. The van der Waals surface area contributed by atoms with E-state index in [4.69, 9.17) is 4.74 Å². The molecule has 1 aromatic rings. The summed E-state index contributed by atoms with van der Waals surface area (Å²) in [6.07, 6.45) is 0. The van der Waals surface area contributed by atoms with E-state index in [0.29, 0.717) is 0 Å². The van der Waals surface area contributed by atoms with Crippen LogP contribution in [0.5, 0.6) is 0 Å². The molecule has 0 spiro atoms. The van der Waals surface area contributed by atoms with Crippen LogP contribution >= 0.6 is 20.7 Å². The molecule has 7 heteroatoms. The van der Waals surface area contributed by atoms with Gasteiger partial charge in [-0.1, -0.05) is 0 Å². The second-order valence-corrected chi connectivity index (χ2v) is 5.90. The summed E-state index contributed by atoms with van der Waals surface area (Å²) >= 11 is 0. The van der Waals surface area contributed by atoms with Gasteiger partial charge < -0.3 is 4.74 Å². The molecule has 0 N–H and O–H groups in total. The van der Waals surface area contributed by atoms with Gasteiger partial charge in [-0.2, -0.15) is 0 Å². The summed E-state index contributed by atoms with van der Waals surface area (Å²) in [5, 5.41) is 0. The van der Waals surface area contributed by atoms with Gasteiger partial charge in [0.1, 0.15) is 12.1 Å². The van der Waals surface area contributed by atoms with E-state index in [1.54, 1.807) is 20.8 Å². The number of rotatable bonds is 2. The Morgan fingerprint density at radius 2 is 1.73 bits per heavy atom. The summed E-state index contributed by atoms with van der Waals surface area (Å²) in [6.45, 7) is 4.86. The Hall–Kier alpha value is -0.950. The van der Waals surface area contributed by atoms with E-state index >= 15 is 0 Å². The fourth-order valence-electron chi connectivity index (χ4n) is 0.868. The summed E-state index contributed by atoms with van der Waals surface area (Å²) in [4.78, 5) is 32.7. The van der Waals surface area contributed by atoms with Crippen molar-refractivity contribution in [2.45, 2.75) is 32.9 Å². The van der Waals surface area contributed by atoms with Crippen LogP contribution in [0, 0.1) is 0 Å². The number of ether oxygens (including phenoxy) is 1. The highest BCUT2D eigenvalue weighted by molar-refractivity contribution is 7.67. The molecular weight excluding hydrogens is 238 g/mol. The molecule has 0 atom stereocenters. The van der Waals surface area contributed by atoms with Gasteiger partial charge in [0.05, 0.1) is 0 Å². The minimum Gasteiger partial charge on any atom is -0.459 e. The first-order valence-electron chi connectivity index (χ1n) is 4.21. The van der Waals surface area contributed by atoms with Crippen molar-refractivity contribution >= 4 is 26.7 Å². The van der Waals surface area contributed by atoms with Gasteiger partial charge >= 0.3 is 15.7 Å². The van der Waals surface area contributed by atoms with Gasteiger partial charge in [-0.15, -0.1) is 0 Å². The van der Waals surface area contributed by atoms with E-state index in [0.717, 1.165) is 25.2 Å². The van der Waals surface area contributed by atoms with Crippen LogP contribution in [-0.4, -0.2) is 16.1 Å². The van der Waals surface area contributed by atoms with Crippen molar-refractivity contribution < 1.29 is 9.53 Å². The Morgan fingerprint density at radius 1 is 1.27 bits per heavy atom. The summed E-state index contributed by atoms with van der Waals surface area (Å²) in [5.41, 5.74) is -0.608. The summed E-state index contributed by atoms with van der Waals surface area (Å²) < 4.78 is 5.87. The third-order valence-corrected chi connectivity index (χ3v) is 3.25. The maximum atomic E-state index is 11.3. The van der Waals surface area contributed by atoms with Crippen molar-refractivity contribution in [1.29, 1.82) is 0 Å². The molecule has 0 fully saturated rings. The summed E-state index contributed by atoms with van der Waals surface area (Å²) in [6, 6.07) is 0. The van der Waals surface area contributed by atoms with Crippen molar-refractivity contribution in [3.05, 3.63) is 19.3 Å². The summed E-state index contributed by atoms with van der Waals surface area (Å²) in [5.74, 6) is -0.577. The Bertz CT molecular complexity index is 434. The zero-order valence-electron chi connectivity index (χ0n) is 8.60. The monoisotopic (exact) mass is 249 g/mol. The summed E-state index contributed by atoms with van der Waals surface area (Å²) in [7, 11) is 1.64. The number of esters is 1. The highest BCUT2D eigenvalue weighted by atomic mass is 32.9. The second kappa shape index (κ2) is 4.28. The maximum Gasteiger partial charge on any atom is 0.326 e. The zero-order valence-corrected chi connectivity index (χ0v) is 10.2. The third kappa shape index (κ3) is 3.60. The molecule has 0 aliphatic rings. The van der Waals surface area contributed by atoms with Gasteiger partial charge in [-0.3, -0.25) is 14.4 Å². The van der Waals surface area contributed by atoms with Gasteiger partial charge in [0.15, 0.2) is 0 Å². The zero-order chi connectivity index (χ0) is 11.6. The van der Waals surface area contributed by atoms with Crippen LogP contribution in [0.2, 0.25) is 0 Å². The Kier molecular flexibility index (Phi) is 3.46. The molecule has 0 bridgehead atoms. The van der Waals surface area contributed by atoms with E-state index in [2.05, 4.69) is 0 Å². The molecule has 0 saturated heterocycles. The molecule has 0 aromatic carbocycles. The molecule has 1 heterocycles. The fourth-order valence-corrected chi connectivity index (χ4v) is 2.51. The highest BCUT2D eigenvalue weighted by Gasteiger charge is 2.18. The number of hydrogen-bond donors (Lipinski definition) is 0. The van der Waals surface area contributed by atoms with E-state index in [1.165, 1.54) is 0 Å². The molecule has 0 unspecified atom stereocenters. The van der Waals surface area contributed by atoms with Crippen LogP contribution in [0.25, 0.3) is 0 Å². The lowest BCUT2D eigenvalue weighted by Crippen LogP contribution is -2.32. The minimum atomic E-state index is -0.608. The third-order valence-electron chi connectivity index (χ3n) is 1.33. The van der Waals surface area contributed by atoms with Gasteiger partial charge in [-0.05, 0) is 41.5 Å². The molecular formula is C8H11NO4S2. The van der Waals surface area contributed by atoms with Crippen LogP contribution in [0.4, 0.5) is 0 Å². The average Bonchev–Trinajstić information content (AvgIpc) is 2.32. The van der Waals surface area contributed by atoms with Crippen molar-refractivity contribution in [2.75, 3.05) is 0 Å². The first kappa shape index (κ1) is 12.1. The Labute approximate surface area is 93.3 Å². The van der Waals surface area contributed by atoms with Gasteiger partial charge in [0.2, 0.25) is 0 Å². The van der Waals surface area contributed by atoms with Gasteiger partial charge in [0, 0.05) is 0 Å². The smallest absolute Gasteiger partial charge is 0.326 e. The predicted octanol–water partition coefficient (Wildman–Crippen LogP) is 0.673. The molecule has 0 aliphatic heterocycles. The predicted molar refractivity (Wildman–Crippen MR) is 58.6 cm³/mol. The normalized spacial score (nSPS) is 11.4. The molecule has 84 valence electrons. The van der Waals surface area contributed by atoms with Crippen LogP contribution in [0.3, 0.4) is 0 Å². The average molecular weight is 249 g/mol. The maximum absolute atomic E-state index is 11.3. The molecule has 0 radical (unpaired) electrons. The lowest BCUT2D eigenvalue weighted by Gasteiger charge is -2.19. The first-order valence-corrected chi connectivity index (χ1v) is 6.36. The van der Waals surface area contributed by atoms with Crippen LogP contribution in [-0.2, 0) is 16.1 Å². The fraction of sp³-hybridized carbons (Fsp3) is 0.625. The number of nitrogens with zero attached hydrogens (tertiary/aromatic N) is 1. The quantitative estimate of drug-likeness (QED) is 0.571. The SMILES string of the molecule is CC(C)(C)OC(=O)Cn1c(=O)ssc1=O. The standard InChI is InChI=1S/C8H11NO4S2/c1-8(2,3)13-5(10)4-9-6(11)14-15-7(9)12/h4H2,1-3H3. The van der Waals surface area contributed by atoms with Crippen molar-refractivity contribution in [1.82, 2.24) is 4.57 Å². The molecule has 15 heavy (non-hydrogen) atoms. The molecule has 0 aliphatic carbocycles. The number of carbonyl (C=O) groups excluding carboxylic acids is 1. The van der Waals surface area contributed by atoms with E-state index < -0.39 is 21.3 Å². The minimum absolute atomic E-state index is 0.311. The van der Waals surface area contributed by atoms with Crippen LogP contribution < -0.4 is 9.75 Å². The van der Waals surface area contributed by atoms with Gasteiger partial charge in [-0.25, -0.2) is 4.57 Å². The lowest BCUT2D eigenvalue weighted by molar-refractivity contribution is -0.155. The number of aromatic nitrogens is 1. The van der Waals surface area contributed by atoms with Crippen molar-refractivity contribution in [3.8, 4) is 0 Å². The second-order valence-electron chi connectivity index (χ2n) is 3.87. The number of carbonyl (C=O) groups is 1. The topological polar surface area (TPSA) is 65.4 Å². The lowest BCUT2D eigenvalue weighted by atomic mass is 10.2. The molecule has 1 rings (SSSR count). The van der Waals surface area contributed by atoms with Gasteiger partial charge in [0.25, 0.3) is 0 Å². The Morgan fingerprint density at radius 3 is 2.13 bits per heavy atom. The number of hydrogen-bond acceptors (Lipinski definition) is 6. The molecule has 0 amide bonds.